The quantitative estimate of drug-likeness (QED) is 0.608. The molecule has 1 fully saturated rings. The van der Waals surface area contributed by atoms with E-state index in [0.29, 0.717) is 32.1 Å². The Kier molecular flexibility index (Phi) is 4.31. The predicted octanol–water partition coefficient (Wildman–Crippen LogP) is -0.618. The molecule has 0 bridgehead atoms. The van der Waals surface area contributed by atoms with Crippen molar-refractivity contribution in [1.82, 2.24) is 14.3 Å². The minimum Gasteiger partial charge on any atom is -0.318 e. The third-order valence-electron chi connectivity index (χ3n) is 2.39. The summed E-state index contributed by atoms with van der Waals surface area (Å²) < 4.78 is 27.4. The highest BCUT2D eigenvalue weighted by atomic mass is 32.2. The normalized spacial score (nSPS) is 24.3. The molecule has 0 aliphatic carbocycles. The van der Waals surface area contributed by atoms with Crippen LogP contribution in [0.25, 0.3) is 0 Å². The highest BCUT2D eigenvalue weighted by molar-refractivity contribution is 7.87. The van der Waals surface area contributed by atoms with Crippen LogP contribution in [-0.2, 0) is 10.2 Å². The molecule has 1 unspecified atom stereocenters. The second kappa shape index (κ2) is 5.06. The van der Waals surface area contributed by atoms with Gasteiger partial charge in [0.05, 0.1) is 0 Å². The highest BCUT2D eigenvalue weighted by Gasteiger charge is 2.28. The highest BCUT2D eigenvalue weighted by Crippen LogP contribution is 2.17. The van der Waals surface area contributed by atoms with Gasteiger partial charge >= 0.3 is 0 Å². The SMILES string of the molecule is CNCCNS(=O)(=O)N1CCC(C)C1. The van der Waals surface area contributed by atoms with Crippen LogP contribution in [0.5, 0.6) is 0 Å². The molecule has 1 atom stereocenters. The first-order valence-corrected chi connectivity index (χ1v) is 6.39. The molecule has 84 valence electrons. The van der Waals surface area contributed by atoms with Crippen LogP contribution in [0, 0.1) is 5.92 Å². The summed E-state index contributed by atoms with van der Waals surface area (Å²) in [5.41, 5.74) is 0. The topological polar surface area (TPSA) is 61.4 Å². The lowest BCUT2D eigenvalue weighted by molar-refractivity contribution is 0.453. The molecule has 0 aromatic rings. The number of hydrogen-bond acceptors (Lipinski definition) is 3. The molecule has 1 aliphatic rings. The first kappa shape index (κ1) is 11.9. The van der Waals surface area contributed by atoms with Gasteiger partial charge in [-0.05, 0) is 19.4 Å². The van der Waals surface area contributed by atoms with Gasteiger partial charge in [-0.15, -0.1) is 0 Å². The van der Waals surface area contributed by atoms with Crippen molar-refractivity contribution in [3.05, 3.63) is 0 Å². The van der Waals surface area contributed by atoms with E-state index in [1.165, 1.54) is 4.31 Å². The van der Waals surface area contributed by atoms with E-state index in [1.807, 2.05) is 0 Å². The van der Waals surface area contributed by atoms with E-state index in [9.17, 15) is 8.42 Å². The Morgan fingerprint density at radius 1 is 1.43 bits per heavy atom. The summed E-state index contributed by atoms with van der Waals surface area (Å²) in [7, 11) is -1.42. The number of nitrogens with zero attached hydrogens (tertiary/aromatic N) is 1. The minimum atomic E-state index is -3.22. The van der Waals surface area contributed by atoms with Gasteiger partial charge in [-0.3, -0.25) is 0 Å². The largest absolute Gasteiger partial charge is 0.318 e. The van der Waals surface area contributed by atoms with Crippen LogP contribution >= 0.6 is 0 Å². The maximum absolute atomic E-state index is 11.6. The van der Waals surface area contributed by atoms with Crippen molar-refractivity contribution < 1.29 is 8.42 Å². The van der Waals surface area contributed by atoms with Gasteiger partial charge in [0.25, 0.3) is 10.2 Å². The molecule has 0 amide bonds. The first-order valence-electron chi connectivity index (χ1n) is 4.95. The molecule has 0 aromatic carbocycles. The van der Waals surface area contributed by atoms with Gasteiger partial charge in [-0.25, -0.2) is 4.72 Å². The van der Waals surface area contributed by atoms with Gasteiger partial charge in [-0.1, -0.05) is 6.92 Å². The maximum Gasteiger partial charge on any atom is 0.279 e. The summed E-state index contributed by atoms with van der Waals surface area (Å²) >= 11 is 0. The van der Waals surface area contributed by atoms with Crippen molar-refractivity contribution in [2.24, 2.45) is 5.92 Å². The molecule has 1 saturated heterocycles. The number of hydrogen-bond donors (Lipinski definition) is 2. The zero-order valence-corrected chi connectivity index (χ0v) is 9.60. The van der Waals surface area contributed by atoms with Crippen molar-refractivity contribution in [3.8, 4) is 0 Å². The lowest BCUT2D eigenvalue weighted by Crippen LogP contribution is -2.41. The van der Waals surface area contributed by atoms with E-state index < -0.39 is 10.2 Å². The summed E-state index contributed by atoms with van der Waals surface area (Å²) in [6.45, 7) is 4.47. The fraction of sp³-hybridized carbons (Fsp3) is 1.00. The fourth-order valence-electron chi connectivity index (χ4n) is 1.51. The van der Waals surface area contributed by atoms with Crippen LogP contribution in [-0.4, -0.2) is 45.9 Å². The Hall–Kier alpha value is -0.170. The van der Waals surface area contributed by atoms with Gasteiger partial charge < -0.3 is 5.32 Å². The summed E-state index contributed by atoms with van der Waals surface area (Å²) in [6.07, 6.45) is 0.965. The molecule has 5 nitrogen and oxygen atoms in total. The zero-order chi connectivity index (χ0) is 10.6. The number of nitrogens with one attached hydrogen (secondary N) is 2. The second-order valence-corrected chi connectivity index (χ2v) is 5.51. The van der Waals surface area contributed by atoms with Crippen LogP contribution < -0.4 is 10.0 Å². The summed E-state index contributed by atoms with van der Waals surface area (Å²) in [5.74, 6) is 0.482. The Morgan fingerprint density at radius 3 is 2.64 bits per heavy atom. The van der Waals surface area contributed by atoms with E-state index in [1.54, 1.807) is 7.05 Å². The molecule has 0 radical (unpaired) electrons. The fourth-order valence-corrected chi connectivity index (χ4v) is 2.85. The monoisotopic (exact) mass is 221 g/mol. The predicted molar refractivity (Wildman–Crippen MR) is 56.2 cm³/mol. The van der Waals surface area contributed by atoms with Crippen LogP contribution in [0.4, 0.5) is 0 Å². The molecular formula is C8H19N3O2S. The number of likely N-dealkylation sites (N-methyl/N-ethyl adjacent to an activating group) is 1. The van der Waals surface area contributed by atoms with E-state index in [4.69, 9.17) is 0 Å². The molecule has 0 saturated carbocycles. The second-order valence-electron chi connectivity index (χ2n) is 3.75. The van der Waals surface area contributed by atoms with Crippen LogP contribution in [0.1, 0.15) is 13.3 Å². The summed E-state index contributed by atoms with van der Waals surface area (Å²) in [4.78, 5) is 0. The van der Waals surface area contributed by atoms with Gasteiger partial charge in [0.2, 0.25) is 0 Å². The smallest absolute Gasteiger partial charge is 0.279 e. The zero-order valence-electron chi connectivity index (χ0n) is 8.78. The van der Waals surface area contributed by atoms with Crippen molar-refractivity contribution in [3.63, 3.8) is 0 Å². The average Bonchev–Trinajstić information content (AvgIpc) is 2.53. The molecule has 6 heteroatoms. The Bertz CT molecular complexity index is 266. The van der Waals surface area contributed by atoms with Gasteiger partial charge in [-0.2, -0.15) is 12.7 Å². The van der Waals surface area contributed by atoms with Crippen molar-refractivity contribution >= 4 is 10.2 Å². The minimum absolute atomic E-state index is 0.448. The molecule has 1 rings (SSSR count). The molecule has 1 heterocycles. The third kappa shape index (κ3) is 3.20. The lowest BCUT2D eigenvalue weighted by atomic mass is 10.2. The summed E-state index contributed by atoms with van der Waals surface area (Å²) in [5, 5.41) is 2.89. The van der Waals surface area contributed by atoms with Gasteiger partial charge in [0, 0.05) is 26.2 Å². The van der Waals surface area contributed by atoms with Crippen LogP contribution in [0.15, 0.2) is 0 Å². The van der Waals surface area contributed by atoms with Gasteiger partial charge in [0.15, 0.2) is 0 Å². The van der Waals surface area contributed by atoms with E-state index in [-0.39, 0.29) is 0 Å². The lowest BCUT2D eigenvalue weighted by Gasteiger charge is -2.16. The molecule has 1 aliphatic heterocycles. The van der Waals surface area contributed by atoms with Crippen LogP contribution in [0.2, 0.25) is 0 Å². The Balaban J connectivity index is 2.41. The average molecular weight is 221 g/mol. The molecular weight excluding hydrogens is 202 g/mol. The Morgan fingerprint density at radius 2 is 2.14 bits per heavy atom. The van der Waals surface area contributed by atoms with E-state index in [2.05, 4.69) is 17.0 Å². The van der Waals surface area contributed by atoms with E-state index >= 15 is 0 Å². The molecule has 14 heavy (non-hydrogen) atoms. The van der Waals surface area contributed by atoms with Crippen molar-refractivity contribution in [1.29, 1.82) is 0 Å². The Labute approximate surface area is 86.0 Å². The molecule has 2 N–H and O–H groups in total. The summed E-state index contributed by atoms with van der Waals surface area (Å²) in [6, 6.07) is 0. The standard InChI is InChI=1S/C8H19N3O2S/c1-8-3-6-11(7-8)14(12,13)10-5-4-9-2/h8-10H,3-7H2,1-2H3. The van der Waals surface area contributed by atoms with Crippen LogP contribution in [0.3, 0.4) is 0 Å². The number of rotatable bonds is 5. The van der Waals surface area contributed by atoms with Crippen molar-refractivity contribution in [2.45, 2.75) is 13.3 Å². The molecule has 0 aromatic heterocycles. The van der Waals surface area contributed by atoms with Crippen molar-refractivity contribution in [2.75, 3.05) is 33.2 Å². The first-order chi connectivity index (χ1) is 6.56. The van der Waals surface area contributed by atoms with Gasteiger partial charge in [0.1, 0.15) is 0 Å². The molecule has 0 spiro atoms. The third-order valence-corrected chi connectivity index (χ3v) is 3.97. The van der Waals surface area contributed by atoms with E-state index in [0.717, 1.165) is 6.42 Å². The maximum atomic E-state index is 11.6.